The minimum Gasteiger partial charge on any atom is -0.478 e. The predicted molar refractivity (Wildman–Crippen MR) is 229 cm³/mol. The number of carboxylic acid groups (broad SMARTS) is 1. The van der Waals surface area contributed by atoms with Crippen molar-refractivity contribution in [3.05, 3.63) is 81.3 Å². The molecule has 4 aromatic heterocycles. The second kappa shape index (κ2) is 17.0. The van der Waals surface area contributed by atoms with E-state index in [1.54, 1.807) is 34.6 Å². The van der Waals surface area contributed by atoms with Gasteiger partial charge in [-0.05, 0) is 55.4 Å². The van der Waals surface area contributed by atoms with Gasteiger partial charge in [-0.25, -0.2) is 4.79 Å². The Bertz CT molecular complexity index is 2130. The first-order chi connectivity index (χ1) is 25.3. The Morgan fingerprint density at radius 2 is 1.11 bits per heavy atom. The first-order valence-corrected chi connectivity index (χ1v) is 26.9. The quantitative estimate of drug-likeness (QED) is 0.0657. The topological polar surface area (TPSA) is 118 Å². The lowest BCUT2D eigenvalue weighted by Crippen LogP contribution is -2.22. The number of aryl methyl sites for hydroxylation is 2. The number of ether oxygens (including phenoxy) is 2. The van der Waals surface area contributed by atoms with E-state index >= 15 is 0 Å². The minimum absolute atomic E-state index is 0.0479. The maximum Gasteiger partial charge on any atom is 0.337 e. The number of halogens is 2. The predicted octanol–water partition coefficient (Wildman–Crippen LogP) is 10.1. The van der Waals surface area contributed by atoms with Crippen LogP contribution < -0.4 is 0 Å². The van der Waals surface area contributed by atoms with E-state index < -0.39 is 22.1 Å². The van der Waals surface area contributed by atoms with Gasteiger partial charge in [0.1, 0.15) is 13.5 Å². The van der Waals surface area contributed by atoms with Crippen LogP contribution in [0.15, 0.2) is 70.1 Å². The van der Waals surface area contributed by atoms with E-state index in [0.717, 1.165) is 66.4 Å². The van der Waals surface area contributed by atoms with E-state index in [0.29, 0.717) is 31.1 Å². The van der Waals surface area contributed by atoms with Gasteiger partial charge in [0.15, 0.2) is 5.78 Å². The zero-order valence-electron chi connectivity index (χ0n) is 32.5. The molecule has 0 unspecified atom stereocenters. The number of nitrogens with zero attached hydrogens (tertiary/aromatic N) is 6. The highest BCUT2D eigenvalue weighted by molar-refractivity contribution is 9.11. The molecule has 4 heterocycles. The third kappa shape index (κ3) is 9.97. The number of rotatable bonds is 14. The second-order valence-corrected chi connectivity index (χ2v) is 28.9. The summed E-state index contributed by atoms with van der Waals surface area (Å²) in [5, 5.41) is 20.1. The molecule has 0 aliphatic heterocycles. The van der Waals surface area contributed by atoms with Crippen molar-refractivity contribution in [1.82, 2.24) is 28.7 Å². The standard InChI is InChI=1S/C20H26BrN3O2Si.C19H24BrN3O3Si/c1-14(25)16-6-7-18(21)17-10-19(15-11-22-23(2)12-15)24(20(16)17)13-26-8-9-27(3,4)5;1-22-11-13(10-21-22)17-9-15-16(20)6-5-14(19(24)25)18(15)23(17)12-26-7-8-27(2,3)4/h6-7,10-12H,8-9,13H2,1-5H3;5-6,9-11H,7-8,12H2,1-4H3,(H,24,25). The molecule has 0 amide bonds. The summed E-state index contributed by atoms with van der Waals surface area (Å²) in [6.07, 6.45) is 7.52. The largest absolute Gasteiger partial charge is 0.478 e. The SMILES string of the molecule is CC(=O)c1ccc(Br)c2cc(-c3cnn(C)c3)n(COCC[Si](C)(C)C)c12.Cn1cc(-c2cc3c(Br)ccc(C(=O)O)c3n2COCC[Si](C)(C)C)cn1. The second-order valence-electron chi connectivity index (χ2n) is 16.0. The molecule has 0 spiro atoms. The van der Waals surface area contributed by atoms with Crippen molar-refractivity contribution in [3.8, 4) is 22.5 Å². The third-order valence-electron chi connectivity index (χ3n) is 9.06. The smallest absolute Gasteiger partial charge is 0.337 e. The highest BCUT2D eigenvalue weighted by Gasteiger charge is 2.22. The molecule has 0 saturated heterocycles. The number of carbonyl (C=O) groups excluding carboxylic acids is 1. The van der Waals surface area contributed by atoms with E-state index in [9.17, 15) is 14.7 Å². The minimum atomic E-state index is -1.19. The number of carboxylic acids is 1. The van der Waals surface area contributed by atoms with E-state index in [1.807, 2.05) is 55.5 Å². The van der Waals surface area contributed by atoms with Gasteiger partial charge in [0, 0.05) is 92.3 Å². The fraction of sp³-hybridized carbons (Fsp3) is 0.385. The first-order valence-electron chi connectivity index (χ1n) is 17.9. The van der Waals surface area contributed by atoms with Crippen molar-refractivity contribution >= 4 is 81.6 Å². The number of aromatic nitrogens is 6. The van der Waals surface area contributed by atoms with Crippen LogP contribution in [-0.4, -0.2) is 74.9 Å². The molecule has 6 rings (SSSR count). The van der Waals surface area contributed by atoms with Crippen LogP contribution in [0.1, 0.15) is 27.6 Å². The molecular weight excluding hydrogens is 848 g/mol. The Hall–Kier alpha value is -3.61. The van der Waals surface area contributed by atoms with Crippen molar-refractivity contribution in [1.29, 1.82) is 0 Å². The number of hydrogen-bond donors (Lipinski definition) is 1. The number of aromatic carboxylic acids is 1. The van der Waals surface area contributed by atoms with Gasteiger partial charge in [0.05, 0.1) is 40.4 Å². The van der Waals surface area contributed by atoms with Crippen LogP contribution in [-0.2, 0) is 37.0 Å². The molecule has 2 aromatic carbocycles. The average molecular weight is 899 g/mol. The van der Waals surface area contributed by atoms with Crippen molar-refractivity contribution in [3.63, 3.8) is 0 Å². The molecule has 0 atom stereocenters. The summed E-state index contributed by atoms with van der Waals surface area (Å²) in [6, 6.07) is 13.5. The summed E-state index contributed by atoms with van der Waals surface area (Å²) in [6.45, 7) is 17.7. The van der Waals surface area contributed by atoms with E-state index in [1.165, 1.54) is 0 Å². The maximum atomic E-state index is 12.3. The van der Waals surface area contributed by atoms with E-state index in [2.05, 4.69) is 92.0 Å². The van der Waals surface area contributed by atoms with Crippen LogP contribution in [0, 0.1) is 0 Å². The average Bonchev–Trinajstić information content (AvgIpc) is 3.87. The highest BCUT2D eigenvalue weighted by Crippen LogP contribution is 2.36. The number of ketones is 1. The van der Waals surface area contributed by atoms with Crippen LogP contribution in [0.3, 0.4) is 0 Å². The van der Waals surface area contributed by atoms with Crippen LogP contribution in [0.4, 0.5) is 0 Å². The van der Waals surface area contributed by atoms with E-state index in [-0.39, 0.29) is 11.3 Å². The molecule has 1 N–H and O–H groups in total. The first kappa shape index (κ1) is 41.6. The zero-order chi connectivity index (χ0) is 39.5. The Kier molecular flexibility index (Phi) is 13.1. The summed E-state index contributed by atoms with van der Waals surface area (Å²) >= 11 is 7.18. The summed E-state index contributed by atoms with van der Waals surface area (Å²) in [7, 11) is 1.41. The normalized spacial score (nSPS) is 12.1. The summed E-state index contributed by atoms with van der Waals surface area (Å²) in [5.41, 5.74) is 6.34. The van der Waals surface area contributed by atoms with Gasteiger partial charge in [0.25, 0.3) is 0 Å². The van der Waals surface area contributed by atoms with Crippen LogP contribution in [0.5, 0.6) is 0 Å². The molecule has 288 valence electrons. The Labute approximate surface area is 335 Å². The van der Waals surface area contributed by atoms with Gasteiger partial charge < -0.3 is 23.7 Å². The van der Waals surface area contributed by atoms with Gasteiger partial charge in [0.2, 0.25) is 0 Å². The Balaban J connectivity index is 0.000000208. The molecule has 6 aromatic rings. The summed E-state index contributed by atoms with van der Waals surface area (Å²) in [4.78, 5) is 24.1. The van der Waals surface area contributed by atoms with Crippen LogP contribution >= 0.6 is 31.9 Å². The summed E-state index contributed by atoms with van der Waals surface area (Å²) in [5.74, 6) is -0.904. The lowest BCUT2D eigenvalue weighted by molar-refractivity contribution is 0.0696. The number of fused-ring (bicyclic) bond motifs is 2. The van der Waals surface area contributed by atoms with Crippen LogP contribution in [0.2, 0.25) is 51.4 Å². The van der Waals surface area contributed by atoms with Crippen molar-refractivity contribution in [2.45, 2.75) is 71.8 Å². The van der Waals surface area contributed by atoms with Crippen molar-refractivity contribution in [2.24, 2.45) is 14.1 Å². The van der Waals surface area contributed by atoms with Crippen LogP contribution in [0.25, 0.3) is 44.3 Å². The highest BCUT2D eigenvalue weighted by atomic mass is 79.9. The van der Waals surface area contributed by atoms with Crippen molar-refractivity contribution in [2.75, 3.05) is 13.2 Å². The van der Waals surface area contributed by atoms with Gasteiger partial charge >= 0.3 is 5.97 Å². The molecule has 0 bridgehead atoms. The monoisotopic (exact) mass is 896 g/mol. The van der Waals surface area contributed by atoms with Crippen molar-refractivity contribution < 1.29 is 24.2 Å². The molecular formula is C39H50Br2N6O5Si2. The lowest BCUT2D eigenvalue weighted by atomic mass is 10.1. The van der Waals surface area contributed by atoms with E-state index in [4.69, 9.17) is 9.47 Å². The molecule has 11 nitrogen and oxygen atoms in total. The van der Waals surface area contributed by atoms with Gasteiger partial charge in [-0.2, -0.15) is 10.2 Å². The van der Waals surface area contributed by atoms with Gasteiger partial charge in [-0.3, -0.25) is 14.2 Å². The Morgan fingerprint density at radius 3 is 1.46 bits per heavy atom. The molecule has 0 aliphatic rings. The molecule has 0 radical (unpaired) electrons. The lowest BCUT2D eigenvalue weighted by Gasteiger charge is -2.17. The number of benzene rings is 2. The molecule has 15 heteroatoms. The van der Waals surface area contributed by atoms with Gasteiger partial charge in [-0.15, -0.1) is 0 Å². The third-order valence-corrected chi connectivity index (χ3v) is 13.8. The molecule has 0 fully saturated rings. The molecule has 0 saturated carbocycles. The number of Topliss-reactive ketones (excluding diaryl/α,β-unsaturated/α-hetero) is 1. The van der Waals surface area contributed by atoms with Gasteiger partial charge in [-0.1, -0.05) is 71.1 Å². The number of carbonyl (C=O) groups is 2. The maximum absolute atomic E-state index is 12.3. The number of hydrogen-bond acceptors (Lipinski definition) is 6. The molecule has 54 heavy (non-hydrogen) atoms. The Morgan fingerprint density at radius 1 is 0.704 bits per heavy atom. The fourth-order valence-electron chi connectivity index (χ4n) is 6.07. The molecule has 0 aliphatic carbocycles. The summed E-state index contributed by atoms with van der Waals surface area (Å²) < 4.78 is 21.4. The zero-order valence-corrected chi connectivity index (χ0v) is 37.7. The fourth-order valence-corrected chi connectivity index (χ4v) is 8.45.